The van der Waals surface area contributed by atoms with Gasteiger partial charge < -0.3 is 0 Å². The number of halogens is 1. The van der Waals surface area contributed by atoms with Crippen LogP contribution in [0, 0.1) is 23.9 Å². The molecule has 0 saturated heterocycles. The molecule has 0 heterocycles. The zero-order chi connectivity index (χ0) is 13.9. The Balaban J connectivity index is 2.32. The van der Waals surface area contributed by atoms with E-state index in [0.29, 0.717) is 5.56 Å². The van der Waals surface area contributed by atoms with Crippen LogP contribution in [0.3, 0.4) is 0 Å². The number of hydrogen-bond donors (Lipinski definition) is 0. The van der Waals surface area contributed by atoms with Crippen molar-refractivity contribution in [3.8, 4) is 11.2 Å². The largest absolute Gasteiger partial charge is 0.245 e. The third-order valence-electron chi connectivity index (χ3n) is 2.51. The Labute approximate surface area is 111 Å². The molecule has 0 saturated carbocycles. The molecule has 4 heteroatoms. The topological polar surface area (TPSA) is 34.1 Å². The molecule has 0 atom stereocenters. The van der Waals surface area contributed by atoms with Crippen LogP contribution in [0.15, 0.2) is 53.4 Å². The van der Waals surface area contributed by atoms with Gasteiger partial charge in [-0.05, 0) is 49.2 Å². The molecule has 0 bridgehead atoms. The van der Waals surface area contributed by atoms with Gasteiger partial charge in [0.2, 0.25) is 9.84 Å². The summed E-state index contributed by atoms with van der Waals surface area (Å²) in [6, 6.07) is 11.8. The summed E-state index contributed by atoms with van der Waals surface area (Å²) in [5, 5.41) is 2.23. The van der Waals surface area contributed by atoms with Gasteiger partial charge in [0.25, 0.3) is 0 Å². The highest BCUT2D eigenvalue weighted by atomic mass is 32.2. The molecule has 0 aliphatic rings. The third kappa shape index (κ3) is 3.43. The SMILES string of the molecule is Cc1ccc(S(=O)(=O)C#Cc2ccc(F)cc2)cc1. The van der Waals surface area contributed by atoms with Gasteiger partial charge in [-0.25, -0.2) is 12.8 Å². The monoisotopic (exact) mass is 274 g/mol. The van der Waals surface area contributed by atoms with Crippen molar-refractivity contribution in [3.05, 3.63) is 65.5 Å². The van der Waals surface area contributed by atoms with E-state index in [2.05, 4.69) is 11.2 Å². The van der Waals surface area contributed by atoms with E-state index < -0.39 is 9.84 Å². The van der Waals surface area contributed by atoms with Crippen LogP contribution < -0.4 is 0 Å². The summed E-state index contributed by atoms with van der Waals surface area (Å²) in [6.45, 7) is 1.88. The van der Waals surface area contributed by atoms with Crippen molar-refractivity contribution < 1.29 is 12.8 Å². The highest BCUT2D eigenvalue weighted by molar-refractivity contribution is 7.96. The molecule has 96 valence electrons. The molecule has 0 aliphatic carbocycles. The van der Waals surface area contributed by atoms with E-state index in [0.717, 1.165) is 5.56 Å². The summed E-state index contributed by atoms with van der Waals surface area (Å²) in [6.07, 6.45) is 0. The summed E-state index contributed by atoms with van der Waals surface area (Å²) in [5.74, 6) is 2.14. The third-order valence-corrected chi connectivity index (χ3v) is 3.77. The van der Waals surface area contributed by atoms with Gasteiger partial charge in [0.05, 0.1) is 4.90 Å². The average molecular weight is 274 g/mol. The van der Waals surface area contributed by atoms with E-state index in [4.69, 9.17) is 0 Å². The summed E-state index contributed by atoms with van der Waals surface area (Å²) >= 11 is 0. The minimum Gasteiger partial charge on any atom is -0.210 e. The van der Waals surface area contributed by atoms with E-state index >= 15 is 0 Å². The molecule has 0 aromatic heterocycles. The first-order chi connectivity index (χ1) is 8.97. The Kier molecular flexibility index (Phi) is 3.68. The lowest BCUT2D eigenvalue weighted by Crippen LogP contribution is -1.96. The lowest BCUT2D eigenvalue weighted by Gasteiger charge is -1.97. The molecule has 0 unspecified atom stereocenters. The van der Waals surface area contributed by atoms with Crippen molar-refractivity contribution in [3.63, 3.8) is 0 Å². The smallest absolute Gasteiger partial charge is 0.210 e. The summed E-state index contributed by atoms with van der Waals surface area (Å²) < 4.78 is 36.6. The van der Waals surface area contributed by atoms with Gasteiger partial charge in [-0.3, -0.25) is 0 Å². The van der Waals surface area contributed by atoms with Crippen molar-refractivity contribution in [2.45, 2.75) is 11.8 Å². The maximum Gasteiger partial charge on any atom is 0.245 e. The zero-order valence-corrected chi connectivity index (χ0v) is 11.0. The normalized spacial score (nSPS) is 10.6. The van der Waals surface area contributed by atoms with Crippen LogP contribution in [0.5, 0.6) is 0 Å². The minimum absolute atomic E-state index is 0.160. The molecule has 0 amide bonds. The molecule has 2 nitrogen and oxygen atoms in total. The van der Waals surface area contributed by atoms with Gasteiger partial charge in [0, 0.05) is 10.8 Å². The number of benzene rings is 2. The molecule has 2 aromatic rings. The van der Waals surface area contributed by atoms with Gasteiger partial charge in [0.1, 0.15) is 5.82 Å². The van der Waals surface area contributed by atoms with E-state index in [1.807, 2.05) is 6.92 Å². The highest BCUT2D eigenvalue weighted by Crippen LogP contribution is 2.11. The first kappa shape index (κ1) is 13.3. The fourth-order valence-corrected chi connectivity index (χ4v) is 2.30. The first-order valence-corrected chi connectivity index (χ1v) is 7.06. The van der Waals surface area contributed by atoms with Crippen LogP contribution in [0.4, 0.5) is 4.39 Å². The maximum absolute atomic E-state index is 12.7. The quantitative estimate of drug-likeness (QED) is 0.749. The van der Waals surface area contributed by atoms with Gasteiger partial charge in [-0.2, -0.15) is 0 Å². The molecule has 0 N–H and O–H groups in total. The Bertz CT molecular complexity index is 733. The highest BCUT2D eigenvalue weighted by Gasteiger charge is 2.09. The lowest BCUT2D eigenvalue weighted by atomic mass is 10.2. The molecular weight excluding hydrogens is 263 g/mol. The van der Waals surface area contributed by atoms with E-state index in [9.17, 15) is 12.8 Å². The fraction of sp³-hybridized carbons (Fsp3) is 0.0667. The second-order valence-corrected chi connectivity index (χ2v) is 5.73. The maximum atomic E-state index is 12.7. The summed E-state index contributed by atoms with van der Waals surface area (Å²) in [5.41, 5.74) is 1.43. The Morgan fingerprint density at radius 3 is 2.11 bits per heavy atom. The molecule has 19 heavy (non-hydrogen) atoms. The van der Waals surface area contributed by atoms with Crippen LogP contribution in [0.2, 0.25) is 0 Å². The number of rotatable bonds is 1. The Morgan fingerprint density at radius 2 is 1.53 bits per heavy atom. The molecule has 0 fully saturated rings. The van der Waals surface area contributed by atoms with Crippen molar-refractivity contribution in [1.29, 1.82) is 0 Å². The summed E-state index contributed by atoms with van der Waals surface area (Å²) in [7, 11) is -3.64. The standard InChI is InChI=1S/C15H11FO2S/c1-12-2-8-15(9-3-12)19(17,18)11-10-13-4-6-14(16)7-5-13/h2-9H,1H3. The van der Waals surface area contributed by atoms with Crippen LogP contribution >= 0.6 is 0 Å². The Hall–Kier alpha value is -2.12. The second-order valence-electron chi connectivity index (χ2n) is 4.05. The first-order valence-electron chi connectivity index (χ1n) is 5.57. The number of sulfone groups is 1. The molecule has 2 aromatic carbocycles. The van der Waals surface area contributed by atoms with Gasteiger partial charge in [0.15, 0.2) is 0 Å². The van der Waals surface area contributed by atoms with Crippen molar-refractivity contribution in [2.75, 3.05) is 0 Å². The van der Waals surface area contributed by atoms with Crippen LogP contribution in [-0.4, -0.2) is 8.42 Å². The minimum atomic E-state index is -3.64. The molecule has 0 radical (unpaired) electrons. The van der Waals surface area contributed by atoms with E-state index in [1.165, 1.54) is 36.4 Å². The van der Waals surface area contributed by atoms with Crippen molar-refractivity contribution in [2.24, 2.45) is 0 Å². The molecule has 0 aliphatic heterocycles. The predicted molar refractivity (Wildman–Crippen MR) is 71.6 cm³/mol. The lowest BCUT2D eigenvalue weighted by molar-refractivity contribution is 0.606. The predicted octanol–water partition coefficient (Wildman–Crippen LogP) is 2.92. The van der Waals surface area contributed by atoms with Crippen molar-refractivity contribution in [1.82, 2.24) is 0 Å². The Morgan fingerprint density at radius 1 is 0.947 bits per heavy atom. The fourth-order valence-electron chi connectivity index (χ4n) is 1.44. The van der Waals surface area contributed by atoms with E-state index in [1.54, 1.807) is 12.1 Å². The van der Waals surface area contributed by atoms with Crippen LogP contribution in [0.25, 0.3) is 0 Å². The van der Waals surface area contributed by atoms with Crippen LogP contribution in [-0.2, 0) is 9.84 Å². The van der Waals surface area contributed by atoms with Gasteiger partial charge in [-0.1, -0.05) is 17.7 Å². The van der Waals surface area contributed by atoms with Crippen LogP contribution in [0.1, 0.15) is 11.1 Å². The second kappa shape index (κ2) is 5.25. The zero-order valence-electron chi connectivity index (χ0n) is 10.2. The molecule has 2 rings (SSSR count). The van der Waals surface area contributed by atoms with Gasteiger partial charge in [-0.15, -0.1) is 0 Å². The number of hydrogen-bond acceptors (Lipinski definition) is 2. The number of aryl methyl sites for hydroxylation is 1. The van der Waals surface area contributed by atoms with E-state index in [-0.39, 0.29) is 10.7 Å². The van der Waals surface area contributed by atoms with Crippen molar-refractivity contribution >= 4 is 9.84 Å². The molecule has 0 spiro atoms. The molecular formula is C15H11FO2S. The van der Waals surface area contributed by atoms with Gasteiger partial charge >= 0.3 is 0 Å². The summed E-state index contributed by atoms with van der Waals surface area (Å²) in [4.78, 5) is 0.160. The average Bonchev–Trinajstić information content (AvgIpc) is 2.39.